The van der Waals surface area contributed by atoms with E-state index in [0.29, 0.717) is 13.0 Å². The quantitative estimate of drug-likeness (QED) is 0.725. The summed E-state index contributed by atoms with van der Waals surface area (Å²) in [5.41, 5.74) is 5.86. The highest BCUT2D eigenvalue weighted by Gasteiger charge is 2.24. The fraction of sp³-hybridized carbons (Fsp3) is 0.846. The van der Waals surface area contributed by atoms with Crippen molar-refractivity contribution in [2.45, 2.75) is 52.1 Å². The van der Waals surface area contributed by atoms with Gasteiger partial charge in [0.25, 0.3) is 0 Å². The fourth-order valence-electron chi connectivity index (χ4n) is 2.12. The summed E-state index contributed by atoms with van der Waals surface area (Å²) in [7, 11) is 0. The van der Waals surface area contributed by atoms with Gasteiger partial charge in [0.05, 0.1) is 6.04 Å². The highest BCUT2D eigenvalue weighted by atomic mass is 16.2. The van der Waals surface area contributed by atoms with Crippen LogP contribution in [0, 0.1) is 5.92 Å². The van der Waals surface area contributed by atoms with E-state index in [1.54, 1.807) is 4.90 Å². The zero-order valence-electron chi connectivity index (χ0n) is 11.6. The zero-order chi connectivity index (χ0) is 13.7. The van der Waals surface area contributed by atoms with Crippen LogP contribution in [-0.4, -0.2) is 41.9 Å². The number of nitrogens with one attached hydrogen (secondary N) is 1. The summed E-state index contributed by atoms with van der Waals surface area (Å²) in [4.78, 5) is 25.1. The summed E-state index contributed by atoms with van der Waals surface area (Å²) >= 11 is 0. The molecule has 1 aliphatic rings. The maximum Gasteiger partial charge on any atom is 0.237 e. The molecular weight excluding hydrogens is 230 g/mol. The molecule has 0 aliphatic carbocycles. The van der Waals surface area contributed by atoms with Gasteiger partial charge in [-0.2, -0.15) is 0 Å². The predicted octanol–water partition coefficient (Wildman–Crippen LogP) is 0.487. The molecule has 1 rings (SSSR count). The monoisotopic (exact) mass is 255 g/mol. The van der Waals surface area contributed by atoms with Crippen molar-refractivity contribution in [3.05, 3.63) is 0 Å². The van der Waals surface area contributed by atoms with Crippen molar-refractivity contribution in [1.29, 1.82) is 0 Å². The average Bonchev–Trinajstić information content (AvgIpc) is 2.72. The zero-order valence-corrected chi connectivity index (χ0v) is 11.6. The summed E-state index contributed by atoms with van der Waals surface area (Å²) in [6.07, 6.45) is 2.44. The van der Waals surface area contributed by atoms with E-state index < -0.39 is 6.04 Å². The second kappa shape index (κ2) is 6.73. The van der Waals surface area contributed by atoms with E-state index in [9.17, 15) is 9.59 Å². The lowest BCUT2D eigenvalue weighted by Gasteiger charge is -2.24. The molecule has 0 aromatic rings. The maximum atomic E-state index is 11.9. The summed E-state index contributed by atoms with van der Waals surface area (Å²) in [6.45, 7) is 7.28. The highest BCUT2D eigenvalue weighted by molar-refractivity contribution is 5.82. The van der Waals surface area contributed by atoms with Gasteiger partial charge in [-0.3, -0.25) is 9.59 Å². The van der Waals surface area contributed by atoms with Crippen LogP contribution in [0.2, 0.25) is 0 Å². The van der Waals surface area contributed by atoms with E-state index in [0.717, 1.165) is 19.4 Å². The van der Waals surface area contributed by atoms with Crippen LogP contribution in [0.25, 0.3) is 0 Å². The minimum Gasteiger partial charge on any atom is -0.351 e. The lowest BCUT2D eigenvalue weighted by molar-refractivity contribution is -0.129. The Kier molecular flexibility index (Phi) is 5.59. The number of hydrogen-bond acceptors (Lipinski definition) is 3. The number of nitrogens with zero attached hydrogens (tertiary/aromatic N) is 1. The molecule has 3 N–H and O–H groups in total. The van der Waals surface area contributed by atoms with E-state index in [2.05, 4.69) is 5.32 Å². The summed E-state index contributed by atoms with van der Waals surface area (Å²) in [5, 5.41) is 2.88. The molecule has 0 aromatic carbocycles. The van der Waals surface area contributed by atoms with Crippen LogP contribution in [0.4, 0.5) is 0 Å². The molecule has 18 heavy (non-hydrogen) atoms. The van der Waals surface area contributed by atoms with Crippen molar-refractivity contribution in [3.63, 3.8) is 0 Å². The first-order valence-electron chi connectivity index (χ1n) is 6.79. The minimum absolute atomic E-state index is 0.0466. The molecule has 104 valence electrons. The van der Waals surface area contributed by atoms with Gasteiger partial charge in [0, 0.05) is 25.6 Å². The molecule has 2 amide bonds. The predicted molar refractivity (Wildman–Crippen MR) is 70.8 cm³/mol. The fourth-order valence-corrected chi connectivity index (χ4v) is 2.12. The van der Waals surface area contributed by atoms with Crippen LogP contribution in [0.15, 0.2) is 0 Å². The average molecular weight is 255 g/mol. The van der Waals surface area contributed by atoms with E-state index in [1.165, 1.54) is 0 Å². The number of rotatable bonds is 6. The molecule has 1 aliphatic heterocycles. The van der Waals surface area contributed by atoms with Gasteiger partial charge in [-0.05, 0) is 19.3 Å². The van der Waals surface area contributed by atoms with Gasteiger partial charge >= 0.3 is 0 Å². The Morgan fingerprint density at radius 1 is 1.50 bits per heavy atom. The van der Waals surface area contributed by atoms with Crippen LogP contribution in [0.5, 0.6) is 0 Å². The number of amides is 2. The Hall–Kier alpha value is -1.10. The van der Waals surface area contributed by atoms with Gasteiger partial charge in [0.1, 0.15) is 0 Å². The number of likely N-dealkylation sites (tertiary alicyclic amines) is 1. The van der Waals surface area contributed by atoms with Gasteiger partial charge in [-0.15, -0.1) is 0 Å². The van der Waals surface area contributed by atoms with Crippen molar-refractivity contribution >= 4 is 11.8 Å². The van der Waals surface area contributed by atoms with Crippen molar-refractivity contribution < 1.29 is 9.59 Å². The third-order valence-corrected chi connectivity index (χ3v) is 3.61. The number of nitrogens with two attached hydrogens (primary N) is 1. The summed E-state index contributed by atoms with van der Waals surface area (Å²) in [6, 6.07) is -0.513. The van der Waals surface area contributed by atoms with Gasteiger partial charge in [-0.25, -0.2) is 0 Å². The molecule has 5 nitrogen and oxygen atoms in total. The Morgan fingerprint density at radius 3 is 2.67 bits per heavy atom. The normalized spacial score (nSPS) is 20.7. The highest BCUT2D eigenvalue weighted by Crippen LogP contribution is 2.10. The minimum atomic E-state index is -0.466. The van der Waals surface area contributed by atoms with Gasteiger partial charge in [0.15, 0.2) is 0 Å². The number of hydrogen-bond donors (Lipinski definition) is 2. The maximum absolute atomic E-state index is 11.9. The third-order valence-electron chi connectivity index (χ3n) is 3.61. The van der Waals surface area contributed by atoms with Crippen LogP contribution in [-0.2, 0) is 9.59 Å². The molecule has 3 atom stereocenters. The molecule has 0 aromatic heterocycles. The van der Waals surface area contributed by atoms with Crippen LogP contribution >= 0.6 is 0 Å². The molecule has 0 spiro atoms. The second-order valence-electron chi connectivity index (χ2n) is 5.26. The summed E-state index contributed by atoms with van der Waals surface area (Å²) < 4.78 is 0. The Labute approximate surface area is 109 Å². The Balaban J connectivity index is 2.37. The lowest BCUT2D eigenvalue weighted by atomic mass is 9.99. The van der Waals surface area contributed by atoms with E-state index in [4.69, 9.17) is 5.73 Å². The Bertz CT molecular complexity index is 307. The van der Waals surface area contributed by atoms with Crippen molar-refractivity contribution in [2.75, 3.05) is 13.1 Å². The summed E-state index contributed by atoms with van der Waals surface area (Å²) in [5.74, 6) is 0.233. The van der Waals surface area contributed by atoms with Gasteiger partial charge in [0.2, 0.25) is 11.8 Å². The SMILES string of the molecule is CCC(C)C(N)C(=O)NC(C)CN1CCCC1=O. The van der Waals surface area contributed by atoms with E-state index in [1.807, 2.05) is 20.8 Å². The largest absolute Gasteiger partial charge is 0.351 e. The first-order chi connectivity index (χ1) is 8.45. The van der Waals surface area contributed by atoms with Crippen LogP contribution in [0.3, 0.4) is 0 Å². The van der Waals surface area contributed by atoms with Crippen LogP contribution < -0.4 is 11.1 Å². The molecule has 3 unspecified atom stereocenters. The molecule has 1 heterocycles. The van der Waals surface area contributed by atoms with Crippen molar-refractivity contribution in [3.8, 4) is 0 Å². The topological polar surface area (TPSA) is 75.4 Å². The molecule has 1 fully saturated rings. The molecule has 0 saturated carbocycles. The molecule has 0 bridgehead atoms. The molecular formula is C13H25N3O2. The van der Waals surface area contributed by atoms with Gasteiger partial charge < -0.3 is 16.0 Å². The lowest BCUT2D eigenvalue weighted by Crippen LogP contribution is -2.50. The molecule has 5 heteroatoms. The van der Waals surface area contributed by atoms with Crippen molar-refractivity contribution in [2.24, 2.45) is 11.7 Å². The van der Waals surface area contributed by atoms with E-state index in [-0.39, 0.29) is 23.8 Å². The third kappa shape index (κ3) is 3.98. The Morgan fingerprint density at radius 2 is 2.17 bits per heavy atom. The van der Waals surface area contributed by atoms with Crippen LogP contribution in [0.1, 0.15) is 40.0 Å². The number of carbonyl (C=O) groups excluding carboxylic acids is 2. The molecule has 0 radical (unpaired) electrons. The first-order valence-corrected chi connectivity index (χ1v) is 6.79. The first kappa shape index (κ1) is 15.0. The van der Waals surface area contributed by atoms with Gasteiger partial charge in [-0.1, -0.05) is 20.3 Å². The standard InChI is InChI=1S/C13H25N3O2/c1-4-9(2)12(14)13(18)15-10(3)8-16-7-5-6-11(16)17/h9-10,12H,4-8,14H2,1-3H3,(H,15,18). The van der Waals surface area contributed by atoms with E-state index >= 15 is 0 Å². The second-order valence-corrected chi connectivity index (χ2v) is 5.26. The van der Waals surface area contributed by atoms with Crippen molar-refractivity contribution in [1.82, 2.24) is 10.2 Å². The smallest absolute Gasteiger partial charge is 0.237 e. The number of carbonyl (C=O) groups is 2. The molecule has 1 saturated heterocycles.